The summed E-state index contributed by atoms with van der Waals surface area (Å²) in [7, 11) is 1.54. The van der Waals surface area contributed by atoms with Crippen molar-refractivity contribution in [2.45, 2.75) is 0 Å². The first-order chi connectivity index (χ1) is 14.2. The Bertz CT molecular complexity index is 979. The van der Waals surface area contributed by atoms with Gasteiger partial charge in [0.05, 0.1) is 23.5 Å². The maximum atomic E-state index is 12.1. The highest BCUT2D eigenvalue weighted by Gasteiger charge is 2.13. The van der Waals surface area contributed by atoms with Crippen LogP contribution in [-0.2, 0) is 4.79 Å². The maximum Gasteiger partial charge on any atom is 0.262 e. The van der Waals surface area contributed by atoms with E-state index in [1.165, 1.54) is 0 Å². The highest BCUT2D eigenvalue weighted by molar-refractivity contribution is 9.10. The first-order valence-electron chi connectivity index (χ1n) is 8.85. The standard InChI is InChI=1S/C22H20BrN3O3/c1-28-20-13-16(14-24-26-18-10-6-3-7-11-18)12-19(23)22(20)29-15-21(27)25-17-8-4-2-5-9-17/h2-14,26H,15H2,1H3,(H,25,27). The quantitative estimate of drug-likeness (QED) is 0.375. The molecule has 0 saturated heterocycles. The van der Waals surface area contributed by atoms with Crippen LogP contribution in [-0.4, -0.2) is 25.8 Å². The summed E-state index contributed by atoms with van der Waals surface area (Å²) in [4.78, 5) is 12.1. The molecule has 2 N–H and O–H groups in total. The van der Waals surface area contributed by atoms with E-state index in [1.54, 1.807) is 19.4 Å². The molecule has 1 amide bonds. The second kappa shape index (κ2) is 10.3. The number of anilines is 2. The summed E-state index contributed by atoms with van der Waals surface area (Å²) in [6.07, 6.45) is 1.67. The van der Waals surface area contributed by atoms with Crippen LogP contribution in [0, 0.1) is 0 Å². The minimum atomic E-state index is -0.261. The van der Waals surface area contributed by atoms with Gasteiger partial charge in [-0.25, -0.2) is 0 Å². The molecule has 148 valence electrons. The zero-order valence-corrected chi connectivity index (χ0v) is 17.3. The second-order valence-electron chi connectivity index (χ2n) is 5.97. The molecule has 3 aromatic rings. The molecule has 29 heavy (non-hydrogen) atoms. The largest absolute Gasteiger partial charge is 0.493 e. The van der Waals surface area contributed by atoms with Crippen molar-refractivity contribution >= 4 is 39.4 Å². The number of benzene rings is 3. The molecular weight excluding hydrogens is 434 g/mol. The molecule has 0 fully saturated rings. The van der Waals surface area contributed by atoms with Gasteiger partial charge < -0.3 is 14.8 Å². The highest BCUT2D eigenvalue weighted by atomic mass is 79.9. The number of carbonyl (C=O) groups is 1. The fourth-order valence-electron chi connectivity index (χ4n) is 2.50. The second-order valence-corrected chi connectivity index (χ2v) is 6.83. The Balaban J connectivity index is 1.64. The molecule has 0 saturated carbocycles. The number of amides is 1. The third kappa shape index (κ3) is 6.08. The monoisotopic (exact) mass is 453 g/mol. The Morgan fingerprint density at radius 3 is 2.34 bits per heavy atom. The molecule has 3 rings (SSSR count). The summed E-state index contributed by atoms with van der Waals surface area (Å²) in [5.74, 6) is 0.680. The first-order valence-corrected chi connectivity index (χ1v) is 9.64. The number of para-hydroxylation sites is 2. The summed E-state index contributed by atoms with van der Waals surface area (Å²) < 4.78 is 11.7. The van der Waals surface area contributed by atoms with E-state index in [2.05, 4.69) is 31.8 Å². The number of hydrazone groups is 1. The van der Waals surface area contributed by atoms with Crippen molar-refractivity contribution in [2.24, 2.45) is 5.10 Å². The summed E-state index contributed by atoms with van der Waals surface area (Å²) in [5, 5.41) is 7.00. The van der Waals surface area contributed by atoms with Crippen molar-refractivity contribution < 1.29 is 14.3 Å². The first kappa shape index (κ1) is 20.4. The van der Waals surface area contributed by atoms with Crippen molar-refractivity contribution in [3.63, 3.8) is 0 Å². The van der Waals surface area contributed by atoms with Crippen LogP contribution < -0.4 is 20.2 Å². The Hall–Kier alpha value is -3.32. The number of carbonyl (C=O) groups excluding carboxylic acids is 1. The van der Waals surface area contributed by atoms with Crippen molar-refractivity contribution in [2.75, 3.05) is 24.5 Å². The molecule has 0 spiro atoms. The predicted octanol–water partition coefficient (Wildman–Crippen LogP) is 4.92. The van der Waals surface area contributed by atoms with Gasteiger partial charge in [-0.2, -0.15) is 5.10 Å². The average molecular weight is 454 g/mol. The van der Waals surface area contributed by atoms with E-state index in [9.17, 15) is 4.79 Å². The summed E-state index contributed by atoms with van der Waals surface area (Å²) in [6, 6.07) is 22.5. The average Bonchev–Trinajstić information content (AvgIpc) is 2.74. The van der Waals surface area contributed by atoms with Crippen molar-refractivity contribution in [3.8, 4) is 11.5 Å². The molecule has 0 aliphatic heterocycles. The molecule has 0 heterocycles. The van der Waals surface area contributed by atoms with Gasteiger partial charge >= 0.3 is 0 Å². The minimum absolute atomic E-state index is 0.146. The zero-order chi connectivity index (χ0) is 20.5. The molecule has 0 aliphatic rings. The summed E-state index contributed by atoms with van der Waals surface area (Å²) in [5.41, 5.74) is 5.36. The fraction of sp³-hybridized carbons (Fsp3) is 0.0909. The molecule has 6 nitrogen and oxygen atoms in total. The van der Waals surface area contributed by atoms with Crippen LogP contribution in [0.4, 0.5) is 11.4 Å². The van der Waals surface area contributed by atoms with Crippen LogP contribution in [0.1, 0.15) is 5.56 Å². The highest BCUT2D eigenvalue weighted by Crippen LogP contribution is 2.36. The van der Waals surface area contributed by atoms with E-state index < -0.39 is 0 Å². The van der Waals surface area contributed by atoms with Gasteiger partial charge in [0.25, 0.3) is 5.91 Å². The van der Waals surface area contributed by atoms with Crippen LogP contribution in [0.5, 0.6) is 11.5 Å². The van der Waals surface area contributed by atoms with E-state index in [-0.39, 0.29) is 12.5 Å². The van der Waals surface area contributed by atoms with Crippen LogP contribution in [0.2, 0.25) is 0 Å². The number of halogens is 1. The lowest BCUT2D eigenvalue weighted by molar-refractivity contribution is -0.118. The Morgan fingerprint density at radius 1 is 1.03 bits per heavy atom. The van der Waals surface area contributed by atoms with Crippen molar-refractivity contribution in [1.29, 1.82) is 0 Å². The van der Waals surface area contributed by atoms with Crippen molar-refractivity contribution in [3.05, 3.63) is 82.8 Å². The molecule has 0 atom stereocenters. The Kier molecular flexibility index (Phi) is 7.24. The number of ether oxygens (including phenoxy) is 2. The number of rotatable bonds is 8. The van der Waals surface area contributed by atoms with E-state index in [0.717, 1.165) is 11.3 Å². The molecule has 0 unspecified atom stereocenters. The molecule has 3 aromatic carbocycles. The van der Waals surface area contributed by atoms with Crippen LogP contribution >= 0.6 is 15.9 Å². The lowest BCUT2D eigenvalue weighted by Gasteiger charge is -2.13. The lowest BCUT2D eigenvalue weighted by Crippen LogP contribution is -2.20. The SMILES string of the molecule is COc1cc(C=NNc2ccccc2)cc(Br)c1OCC(=O)Nc1ccccc1. The van der Waals surface area contributed by atoms with Gasteiger partial charge in [-0.3, -0.25) is 10.2 Å². The number of nitrogens with one attached hydrogen (secondary N) is 2. The van der Waals surface area contributed by atoms with Gasteiger partial charge in [-0.15, -0.1) is 0 Å². The van der Waals surface area contributed by atoms with Crippen LogP contribution in [0.3, 0.4) is 0 Å². The predicted molar refractivity (Wildman–Crippen MR) is 119 cm³/mol. The maximum absolute atomic E-state index is 12.1. The van der Waals surface area contributed by atoms with E-state index in [1.807, 2.05) is 66.7 Å². The van der Waals surface area contributed by atoms with Gasteiger partial charge in [0.1, 0.15) is 0 Å². The molecular formula is C22H20BrN3O3. The van der Waals surface area contributed by atoms with Crippen LogP contribution in [0.25, 0.3) is 0 Å². The van der Waals surface area contributed by atoms with Gasteiger partial charge in [-0.1, -0.05) is 36.4 Å². The smallest absolute Gasteiger partial charge is 0.262 e. The Labute approximate surface area is 177 Å². The molecule has 7 heteroatoms. The van der Waals surface area contributed by atoms with Gasteiger partial charge in [0, 0.05) is 5.69 Å². The number of nitrogens with zero attached hydrogens (tertiary/aromatic N) is 1. The van der Waals surface area contributed by atoms with E-state index in [0.29, 0.717) is 21.7 Å². The molecule has 0 radical (unpaired) electrons. The van der Waals surface area contributed by atoms with Crippen LogP contribution in [0.15, 0.2) is 82.4 Å². The third-order valence-electron chi connectivity index (χ3n) is 3.84. The minimum Gasteiger partial charge on any atom is -0.493 e. The fourth-order valence-corrected chi connectivity index (χ4v) is 3.08. The molecule has 0 bridgehead atoms. The lowest BCUT2D eigenvalue weighted by atomic mass is 10.2. The molecule has 0 aromatic heterocycles. The molecule has 0 aliphatic carbocycles. The summed E-state index contributed by atoms with van der Waals surface area (Å²) >= 11 is 3.47. The van der Waals surface area contributed by atoms with Gasteiger partial charge in [-0.05, 0) is 57.9 Å². The topological polar surface area (TPSA) is 71.9 Å². The third-order valence-corrected chi connectivity index (χ3v) is 4.43. The number of hydrogen-bond donors (Lipinski definition) is 2. The zero-order valence-electron chi connectivity index (χ0n) is 15.8. The number of methoxy groups -OCH3 is 1. The van der Waals surface area contributed by atoms with E-state index >= 15 is 0 Å². The van der Waals surface area contributed by atoms with Gasteiger partial charge in [0.15, 0.2) is 18.1 Å². The normalized spacial score (nSPS) is 10.6. The number of hydrogen-bond acceptors (Lipinski definition) is 5. The Morgan fingerprint density at radius 2 is 1.69 bits per heavy atom. The summed E-state index contributed by atoms with van der Waals surface area (Å²) in [6.45, 7) is -0.146. The van der Waals surface area contributed by atoms with E-state index in [4.69, 9.17) is 9.47 Å². The van der Waals surface area contributed by atoms with Gasteiger partial charge in [0.2, 0.25) is 0 Å². The van der Waals surface area contributed by atoms with Crippen molar-refractivity contribution in [1.82, 2.24) is 0 Å².